The molecule has 3 atom stereocenters. The van der Waals surface area contributed by atoms with E-state index in [1.54, 1.807) is 0 Å². The minimum atomic E-state index is -0.750. The Morgan fingerprint density at radius 2 is 2.10 bits per heavy atom. The van der Waals surface area contributed by atoms with Crippen molar-refractivity contribution in [2.24, 2.45) is 5.92 Å². The molecule has 5 heteroatoms. The monoisotopic (exact) mass is 355 g/mol. The lowest BCUT2D eigenvalue weighted by molar-refractivity contribution is -0.142. The van der Waals surface area contributed by atoms with Gasteiger partial charge in [0.1, 0.15) is 11.9 Å². The van der Waals surface area contributed by atoms with Crippen molar-refractivity contribution in [3.05, 3.63) is 34.1 Å². The highest BCUT2D eigenvalue weighted by Gasteiger charge is 2.44. The van der Waals surface area contributed by atoms with E-state index in [1.807, 2.05) is 6.07 Å². The lowest BCUT2D eigenvalue weighted by atomic mass is 9.84. The van der Waals surface area contributed by atoms with E-state index in [0.717, 1.165) is 31.2 Å². The van der Waals surface area contributed by atoms with E-state index in [0.29, 0.717) is 23.0 Å². The van der Waals surface area contributed by atoms with Crippen LogP contribution >= 0.6 is 15.9 Å². The van der Waals surface area contributed by atoms with Gasteiger partial charge in [-0.05, 0) is 48.9 Å². The highest BCUT2D eigenvalue weighted by molar-refractivity contribution is 9.10. The van der Waals surface area contributed by atoms with E-state index in [-0.39, 0.29) is 5.82 Å². The first-order valence-electron chi connectivity index (χ1n) is 7.48. The Kier molecular flexibility index (Phi) is 4.31. The summed E-state index contributed by atoms with van der Waals surface area (Å²) in [7, 11) is 0. The molecule has 0 aromatic heterocycles. The average Bonchev–Trinajstić information content (AvgIpc) is 2.77. The summed E-state index contributed by atoms with van der Waals surface area (Å²) < 4.78 is 14.2. The van der Waals surface area contributed by atoms with Crippen molar-refractivity contribution >= 4 is 21.9 Å². The van der Waals surface area contributed by atoms with Crippen LogP contribution in [0, 0.1) is 11.7 Å². The summed E-state index contributed by atoms with van der Waals surface area (Å²) in [6.45, 7) is 0.508. The van der Waals surface area contributed by atoms with Gasteiger partial charge < -0.3 is 5.11 Å². The molecule has 1 saturated heterocycles. The second kappa shape index (κ2) is 6.05. The van der Waals surface area contributed by atoms with Crippen molar-refractivity contribution in [2.75, 3.05) is 0 Å². The molecule has 1 aromatic rings. The molecule has 0 bridgehead atoms. The van der Waals surface area contributed by atoms with E-state index >= 15 is 0 Å². The number of carbonyl (C=O) groups is 1. The summed E-state index contributed by atoms with van der Waals surface area (Å²) in [5.74, 6) is -0.553. The molecule has 1 aliphatic heterocycles. The third-order valence-corrected chi connectivity index (χ3v) is 5.25. The van der Waals surface area contributed by atoms with E-state index in [9.17, 15) is 14.3 Å². The highest BCUT2D eigenvalue weighted by atomic mass is 79.9. The van der Waals surface area contributed by atoms with Crippen LogP contribution in [-0.2, 0) is 11.3 Å². The number of hydrogen-bond acceptors (Lipinski definition) is 2. The maximum absolute atomic E-state index is 13.5. The largest absolute Gasteiger partial charge is 0.480 e. The third kappa shape index (κ3) is 3.14. The number of aliphatic carboxylic acids is 1. The molecule has 2 fully saturated rings. The Labute approximate surface area is 132 Å². The number of hydrogen-bond donors (Lipinski definition) is 1. The van der Waals surface area contributed by atoms with Gasteiger partial charge in [0.15, 0.2) is 0 Å². The van der Waals surface area contributed by atoms with Crippen LogP contribution in [0.15, 0.2) is 22.7 Å². The van der Waals surface area contributed by atoms with Crippen molar-refractivity contribution < 1.29 is 14.3 Å². The fourth-order valence-electron chi connectivity index (χ4n) is 3.94. The lowest BCUT2D eigenvalue weighted by Crippen LogP contribution is -2.41. The van der Waals surface area contributed by atoms with E-state index < -0.39 is 12.0 Å². The summed E-state index contributed by atoms with van der Waals surface area (Å²) in [6.07, 6.45) is 5.28. The molecule has 0 unspecified atom stereocenters. The van der Waals surface area contributed by atoms with Gasteiger partial charge in [0, 0.05) is 17.1 Å². The molecule has 114 valence electrons. The second-order valence-electron chi connectivity index (χ2n) is 6.15. The molecule has 21 heavy (non-hydrogen) atoms. The maximum atomic E-state index is 13.5. The summed E-state index contributed by atoms with van der Waals surface area (Å²) in [4.78, 5) is 13.6. The molecule has 3 nitrogen and oxygen atoms in total. The molecule has 3 rings (SSSR count). The topological polar surface area (TPSA) is 40.5 Å². The number of nitrogens with zero attached hydrogens (tertiary/aromatic N) is 1. The quantitative estimate of drug-likeness (QED) is 0.896. The zero-order valence-electron chi connectivity index (χ0n) is 11.8. The Morgan fingerprint density at radius 1 is 1.33 bits per heavy atom. The second-order valence-corrected chi connectivity index (χ2v) is 7.07. The molecule has 1 N–H and O–H groups in total. The molecule has 2 aliphatic rings. The van der Waals surface area contributed by atoms with Gasteiger partial charge in [0.2, 0.25) is 0 Å². The van der Waals surface area contributed by atoms with Gasteiger partial charge in [-0.1, -0.05) is 28.8 Å². The number of rotatable bonds is 3. The van der Waals surface area contributed by atoms with Crippen LogP contribution in [0.3, 0.4) is 0 Å². The third-order valence-electron chi connectivity index (χ3n) is 4.79. The number of likely N-dealkylation sites (tertiary alicyclic amines) is 1. The number of fused-ring (bicyclic) bond motifs is 1. The maximum Gasteiger partial charge on any atom is 0.320 e. The SMILES string of the molecule is O=C(O)[C@@H]1C[C@@H]2CCCC[C@@H]2N1Cc1cc(F)cc(Br)c1. The summed E-state index contributed by atoms with van der Waals surface area (Å²) in [5.41, 5.74) is 0.833. The molecule has 1 aromatic carbocycles. The zero-order valence-corrected chi connectivity index (χ0v) is 13.4. The minimum Gasteiger partial charge on any atom is -0.480 e. The van der Waals surface area contributed by atoms with Crippen LogP contribution < -0.4 is 0 Å². The highest BCUT2D eigenvalue weighted by Crippen LogP contribution is 2.40. The summed E-state index contributed by atoms with van der Waals surface area (Å²) in [6, 6.07) is 4.70. The predicted octanol–water partition coefficient (Wildman–Crippen LogP) is 3.81. The van der Waals surface area contributed by atoms with Crippen LogP contribution in [0.5, 0.6) is 0 Å². The zero-order chi connectivity index (χ0) is 15.0. The fourth-order valence-corrected chi connectivity index (χ4v) is 4.45. The smallest absolute Gasteiger partial charge is 0.320 e. The summed E-state index contributed by atoms with van der Waals surface area (Å²) >= 11 is 3.30. The molecule has 0 amide bonds. The van der Waals surface area contributed by atoms with Crippen molar-refractivity contribution in [3.8, 4) is 0 Å². The van der Waals surface area contributed by atoms with Crippen molar-refractivity contribution in [1.82, 2.24) is 4.90 Å². The minimum absolute atomic E-state index is 0.286. The van der Waals surface area contributed by atoms with E-state index in [1.165, 1.54) is 18.6 Å². The standard InChI is InChI=1S/C16H19BrFNO2/c17-12-5-10(6-13(18)8-12)9-19-14-4-2-1-3-11(14)7-15(19)16(20)21/h5-6,8,11,14-15H,1-4,7,9H2,(H,20,21)/t11-,14-,15-/m0/s1. The molecule has 1 saturated carbocycles. The number of carboxylic acids is 1. The molecule has 0 radical (unpaired) electrons. The van der Waals surface area contributed by atoms with Crippen molar-refractivity contribution in [2.45, 2.75) is 50.7 Å². The van der Waals surface area contributed by atoms with Crippen LogP contribution in [0.2, 0.25) is 0 Å². The molecule has 1 aliphatic carbocycles. The summed E-state index contributed by atoms with van der Waals surface area (Å²) in [5, 5.41) is 9.49. The van der Waals surface area contributed by atoms with Gasteiger partial charge in [-0.3, -0.25) is 9.69 Å². The van der Waals surface area contributed by atoms with Crippen LogP contribution in [0.4, 0.5) is 4.39 Å². The van der Waals surface area contributed by atoms with Crippen molar-refractivity contribution in [3.63, 3.8) is 0 Å². The van der Waals surface area contributed by atoms with E-state index in [2.05, 4.69) is 20.8 Å². The lowest BCUT2D eigenvalue weighted by Gasteiger charge is -2.33. The molecule has 0 spiro atoms. The van der Waals surface area contributed by atoms with Gasteiger partial charge in [0.25, 0.3) is 0 Å². The Hall–Kier alpha value is -0.940. The first kappa shape index (κ1) is 15.0. The fraction of sp³-hybridized carbons (Fsp3) is 0.562. The first-order valence-corrected chi connectivity index (χ1v) is 8.27. The van der Waals surface area contributed by atoms with E-state index in [4.69, 9.17) is 0 Å². The van der Waals surface area contributed by atoms with Crippen LogP contribution in [-0.4, -0.2) is 28.1 Å². The van der Waals surface area contributed by atoms with Crippen LogP contribution in [0.25, 0.3) is 0 Å². The number of carboxylic acid groups (broad SMARTS) is 1. The van der Waals surface area contributed by atoms with Crippen molar-refractivity contribution in [1.29, 1.82) is 0 Å². The number of halogens is 2. The Bertz CT molecular complexity index is 531. The van der Waals surface area contributed by atoms with Gasteiger partial charge >= 0.3 is 5.97 Å². The first-order chi connectivity index (χ1) is 10.0. The molecular weight excluding hydrogens is 337 g/mol. The van der Waals surface area contributed by atoms with Gasteiger partial charge in [-0.2, -0.15) is 0 Å². The molecule has 1 heterocycles. The predicted molar refractivity (Wildman–Crippen MR) is 81.4 cm³/mol. The van der Waals surface area contributed by atoms with Gasteiger partial charge in [-0.25, -0.2) is 4.39 Å². The van der Waals surface area contributed by atoms with Gasteiger partial charge in [-0.15, -0.1) is 0 Å². The van der Waals surface area contributed by atoms with Crippen LogP contribution in [0.1, 0.15) is 37.7 Å². The normalized spacial score (nSPS) is 29.3. The molecular formula is C16H19BrFNO2. The van der Waals surface area contributed by atoms with Gasteiger partial charge in [0.05, 0.1) is 0 Å². The Morgan fingerprint density at radius 3 is 2.81 bits per heavy atom. The Balaban J connectivity index is 1.84. The number of benzene rings is 1. The average molecular weight is 356 g/mol.